The van der Waals surface area contributed by atoms with Crippen molar-refractivity contribution in [2.75, 3.05) is 38.8 Å². The van der Waals surface area contributed by atoms with E-state index in [0.717, 1.165) is 73.8 Å². The lowest BCUT2D eigenvalue weighted by atomic mass is 9.97. The maximum atomic E-state index is 13.1. The van der Waals surface area contributed by atoms with Crippen LogP contribution in [0.2, 0.25) is 0 Å². The van der Waals surface area contributed by atoms with E-state index in [-0.39, 0.29) is 22.9 Å². The molecule has 2 aromatic rings. The van der Waals surface area contributed by atoms with E-state index in [1.807, 2.05) is 14.1 Å². The SMILES string of the molecule is COc1ccc(C(F)(F)F)cc1NC(=O)CSc1nc(=O)n(CCCN(C)C)c2c1CCCC2. The average Bonchev–Trinajstić information content (AvgIpc) is 2.78. The van der Waals surface area contributed by atoms with Crippen molar-refractivity contribution in [2.45, 2.75) is 49.9 Å². The molecule has 186 valence electrons. The summed E-state index contributed by atoms with van der Waals surface area (Å²) in [5, 5.41) is 3.01. The molecule has 0 atom stereocenters. The summed E-state index contributed by atoms with van der Waals surface area (Å²) in [6.45, 7) is 1.45. The van der Waals surface area contributed by atoms with Crippen molar-refractivity contribution in [2.24, 2.45) is 0 Å². The van der Waals surface area contributed by atoms with Crippen molar-refractivity contribution in [3.8, 4) is 5.75 Å². The number of nitrogens with zero attached hydrogens (tertiary/aromatic N) is 3. The molecule has 0 saturated heterocycles. The molecule has 0 aliphatic heterocycles. The van der Waals surface area contributed by atoms with Gasteiger partial charge in [0.25, 0.3) is 0 Å². The summed E-state index contributed by atoms with van der Waals surface area (Å²) in [6, 6.07) is 2.91. The van der Waals surface area contributed by atoms with Crippen LogP contribution >= 0.6 is 11.8 Å². The Labute approximate surface area is 200 Å². The van der Waals surface area contributed by atoms with E-state index in [1.165, 1.54) is 13.2 Å². The lowest BCUT2D eigenvalue weighted by Gasteiger charge is -2.23. The van der Waals surface area contributed by atoms with Gasteiger partial charge in [0.05, 0.1) is 24.1 Å². The third kappa shape index (κ3) is 6.53. The number of nitrogens with one attached hydrogen (secondary N) is 1. The molecule has 11 heteroatoms. The number of carbonyl (C=O) groups excluding carboxylic acids is 1. The van der Waals surface area contributed by atoms with Crippen LogP contribution in [0.4, 0.5) is 18.9 Å². The van der Waals surface area contributed by atoms with E-state index in [9.17, 15) is 22.8 Å². The van der Waals surface area contributed by atoms with Crippen molar-refractivity contribution in [3.63, 3.8) is 0 Å². The van der Waals surface area contributed by atoms with Crippen molar-refractivity contribution in [1.82, 2.24) is 14.5 Å². The fraction of sp³-hybridized carbons (Fsp3) is 0.522. The van der Waals surface area contributed by atoms with Crippen molar-refractivity contribution in [3.05, 3.63) is 45.5 Å². The highest BCUT2D eigenvalue weighted by molar-refractivity contribution is 8.00. The number of hydrogen-bond acceptors (Lipinski definition) is 6. The number of ether oxygens (including phenoxy) is 1. The fourth-order valence-electron chi connectivity index (χ4n) is 3.95. The van der Waals surface area contributed by atoms with E-state index in [4.69, 9.17) is 4.74 Å². The summed E-state index contributed by atoms with van der Waals surface area (Å²) in [5.74, 6) is -0.477. The summed E-state index contributed by atoms with van der Waals surface area (Å²) >= 11 is 1.13. The van der Waals surface area contributed by atoms with Gasteiger partial charge in [0.15, 0.2) is 0 Å². The molecule has 1 amide bonds. The van der Waals surface area contributed by atoms with Gasteiger partial charge in [0, 0.05) is 17.8 Å². The first-order valence-electron chi connectivity index (χ1n) is 11.1. The second kappa shape index (κ2) is 11.3. The number of carbonyl (C=O) groups is 1. The van der Waals surface area contributed by atoms with Crippen LogP contribution in [0.1, 0.15) is 36.1 Å². The van der Waals surface area contributed by atoms with Crippen LogP contribution in [0.5, 0.6) is 5.75 Å². The molecular weight excluding hydrogens is 469 g/mol. The number of benzene rings is 1. The van der Waals surface area contributed by atoms with E-state index in [2.05, 4.69) is 15.2 Å². The molecule has 1 heterocycles. The van der Waals surface area contributed by atoms with Gasteiger partial charge < -0.3 is 15.0 Å². The number of methoxy groups -OCH3 is 1. The van der Waals surface area contributed by atoms with E-state index in [1.54, 1.807) is 4.57 Å². The van der Waals surface area contributed by atoms with Crippen molar-refractivity contribution >= 4 is 23.4 Å². The van der Waals surface area contributed by atoms with E-state index >= 15 is 0 Å². The van der Waals surface area contributed by atoms with Gasteiger partial charge in [-0.3, -0.25) is 9.36 Å². The van der Waals surface area contributed by atoms with Gasteiger partial charge >= 0.3 is 11.9 Å². The van der Waals surface area contributed by atoms with E-state index < -0.39 is 17.6 Å². The van der Waals surface area contributed by atoms with Crippen molar-refractivity contribution < 1.29 is 22.7 Å². The molecule has 0 saturated carbocycles. The summed E-state index contributed by atoms with van der Waals surface area (Å²) in [4.78, 5) is 31.6. The molecule has 1 aromatic carbocycles. The maximum absolute atomic E-state index is 13.1. The minimum atomic E-state index is -4.54. The van der Waals surface area contributed by atoms with Gasteiger partial charge in [-0.1, -0.05) is 11.8 Å². The lowest BCUT2D eigenvalue weighted by molar-refractivity contribution is -0.137. The van der Waals surface area contributed by atoms with Crippen LogP contribution < -0.4 is 15.7 Å². The number of halogens is 3. The topological polar surface area (TPSA) is 76.5 Å². The summed E-state index contributed by atoms with van der Waals surface area (Å²) in [6.07, 6.45) is -0.178. The smallest absolute Gasteiger partial charge is 0.416 e. The molecule has 0 fully saturated rings. The summed E-state index contributed by atoms with van der Waals surface area (Å²) in [5.41, 5.74) is 0.693. The molecule has 34 heavy (non-hydrogen) atoms. The molecule has 1 aromatic heterocycles. The standard InChI is InChI=1S/C23H29F3N4O3S/c1-29(2)11-6-12-30-18-8-5-4-7-16(18)21(28-22(30)32)34-14-20(31)27-17-13-15(23(24,25)26)9-10-19(17)33-3/h9-10,13H,4-8,11-12,14H2,1-3H3,(H,27,31). The Bertz CT molecular complexity index is 1090. The number of hydrogen-bond donors (Lipinski definition) is 1. The summed E-state index contributed by atoms with van der Waals surface area (Å²) < 4.78 is 46.0. The predicted octanol–water partition coefficient (Wildman–Crippen LogP) is 3.83. The number of thioether (sulfide) groups is 1. The Morgan fingerprint density at radius 2 is 2.00 bits per heavy atom. The normalized spacial score (nSPS) is 13.6. The van der Waals surface area contributed by atoms with Crippen LogP contribution in [0.15, 0.2) is 28.0 Å². The predicted molar refractivity (Wildman–Crippen MR) is 126 cm³/mol. The van der Waals surface area contributed by atoms with Gasteiger partial charge in [0.2, 0.25) is 5.91 Å². The quantitative estimate of drug-likeness (QED) is 0.418. The van der Waals surface area contributed by atoms with Crippen LogP contribution in [0.3, 0.4) is 0 Å². The third-order valence-electron chi connectivity index (χ3n) is 5.58. The van der Waals surface area contributed by atoms with Gasteiger partial charge in [-0.05, 0) is 70.9 Å². The zero-order chi connectivity index (χ0) is 24.9. The minimum absolute atomic E-state index is 0.0609. The first-order chi connectivity index (χ1) is 16.1. The molecule has 0 radical (unpaired) electrons. The first kappa shape index (κ1) is 26.1. The fourth-order valence-corrected chi connectivity index (χ4v) is 4.82. The zero-order valence-corrected chi connectivity index (χ0v) is 20.3. The molecule has 1 N–H and O–H groups in total. The van der Waals surface area contributed by atoms with Crippen LogP contribution in [-0.4, -0.2) is 53.9 Å². The highest BCUT2D eigenvalue weighted by atomic mass is 32.2. The minimum Gasteiger partial charge on any atom is -0.495 e. The average molecular weight is 499 g/mol. The van der Waals surface area contributed by atoms with Gasteiger partial charge in [-0.2, -0.15) is 18.2 Å². The number of rotatable bonds is 9. The maximum Gasteiger partial charge on any atom is 0.416 e. The highest BCUT2D eigenvalue weighted by Gasteiger charge is 2.31. The Morgan fingerprint density at radius 3 is 2.68 bits per heavy atom. The van der Waals surface area contributed by atoms with Crippen LogP contribution in [-0.2, 0) is 30.4 Å². The number of anilines is 1. The largest absolute Gasteiger partial charge is 0.495 e. The summed E-state index contributed by atoms with van der Waals surface area (Å²) in [7, 11) is 5.28. The number of fused-ring (bicyclic) bond motifs is 1. The molecule has 7 nitrogen and oxygen atoms in total. The molecular formula is C23H29F3N4O3S. The third-order valence-corrected chi connectivity index (χ3v) is 6.60. The lowest BCUT2D eigenvalue weighted by Crippen LogP contribution is -2.31. The number of aromatic nitrogens is 2. The molecule has 0 bridgehead atoms. The monoisotopic (exact) mass is 498 g/mol. The second-order valence-corrected chi connectivity index (χ2v) is 9.35. The van der Waals surface area contributed by atoms with Gasteiger partial charge in [0.1, 0.15) is 10.8 Å². The molecule has 1 aliphatic carbocycles. The second-order valence-electron chi connectivity index (χ2n) is 8.39. The Morgan fingerprint density at radius 1 is 1.26 bits per heavy atom. The highest BCUT2D eigenvalue weighted by Crippen LogP contribution is 2.35. The zero-order valence-electron chi connectivity index (χ0n) is 19.5. The van der Waals surface area contributed by atoms with Crippen LogP contribution in [0, 0.1) is 0 Å². The molecule has 0 unspecified atom stereocenters. The van der Waals surface area contributed by atoms with Crippen LogP contribution in [0.25, 0.3) is 0 Å². The first-order valence-corrected chi connectivity index (χ1v) is 12.0. The Kier molecular flexibility index (Phi) is 8.64. The number of amides is 1. The van der Waals surface area contributed by atoms with Gasteiger partial charge in [-0.15, -0.1) is 0 Å². The Balaban J connectivity index is 1.75. The number of alkyl halides is 3. The van der Waals surface area contributed by atoms with Gasteiger partial charge in [-0.25, -0.2) is 4.79 Å². The van der Waals surface area contributed by atoms with E-state index in [0.29, 0.717) is 11.6 Å². The molecule has 1 aliphatic rings. The van der Waals surface area contributed by atoms with Crippen molar-refractivity contribution in [1.29, 1.82) is 0 Å². The molecule has 0 spiro atoms. The molecule has 3 rings (SSSR count). The Hall–Kier alpha value is -2.53.